The smallest absolute Gasteiger partial charge is 0.318 e. The van der Waals surface area contributed by atoms with E-state index in [2.05, 4.69) is 20.8 Å². The van der Waals surface area contributed by atoms with Crippen molar-refractivity contribution < 1.29 is 14.0 Å². The normalized spacial score (nSPS) is 11.0. The maximum Gasteiger partial charge on any atom is 0.329 e. The van der Waals surface area contributed by atoms with Crippen LogP contribution >= 0.6 is 11.6 Å². The van der Waals surface area contributed by atoms with E-state index < -0.39 is 17.6 Å². The molecule has 0 spiro atoms. The van der Waals surface area contributed by atoms with E-state index in [9.17, 15) is 14.0 Å². The van der Waals surface area contributed by atoms with Crippen molar-refractivity contribution in [3.8, 4) is 0 Å². The van der Waals surface area contributed by atoms with E-state index in [1.165, 1.54) is 12.1 Å². The molecule has 1 aromatic heterocycles. The van der Waals surface area contributed by atoms with Crippen LogP contribution in [0.15, 0.2) is 47.8 Å². The lowest BCUT2D eigenvalue weighted by atomic mass is 10.2. The SMILES string of the molecule is CC(=NNC(=O)C(=O)Nc1ccc(F)c(Cl)c1)c1ccncc1. The van der Waals surface area contributed by atoms with E-state index in [0.717, 1.165) is 11.6 Å². The monoisotopic (exact) mass is 334 g/mol. The summed E-state index contributed by atoms with van der Waals surface area (Å²) in [5.74, 6) is -2.52. The zero-order valence-corrected chi connectivity index (χ0v) is 12.8. The summed E-state index contributed by atoms with van der Waals surface area (Å²) < 4.78 is 13.0. The van der Waals surface area contributed by atoms with Crippen molar-refractivity contribution in [3.05, 3.63) is 59.1 Å². The average molecular weight is 335 g/mol. The van der Waals surface area contributed by atoms with Gasteiger partial charge in [-0.05, 0) is 37.3 Å². The Morgan fingerprint density at radius 3 is 2.52 bits per heavy atom. The van der Waals surface area contributed by atoms with Crippen molar-refractivity contribution in [1.82, 2.24) is 10.4 Å². The van der Waals surface area contributed by atoms with Crippen LogP contribution in [0.4, 0.5) is 10.1 Å². The van der Waals surface area contributed by atoms with Gasteiger partial charge in [0.25, 0.3) is 0 Å². The predicted octanol–water partition coefficient (Wildman–Crippen LogP) is 2.35. The Hall–Kier alpha value is -2.80. The molecule has 0 radical (unpaired) electrons. The molecule has 0 aliphatic heterocycles. The Morgan fingerprint density at radius 1 is 1.17 bits per heavy atom. The molecule has 23 heavy (non-hydrogen) atoms. The fraction of sp³-hybridized carbons (Fsp3) is 0.0667. The van der Waals surface area contributed by atoms with E-state index >= 15 is 0 Å². The van der Waals surface area contributed by atoms with Gasteiger partial charge in [-0.15, -0.1) is 0 Å². The Balaban J connectivity index is 1.97. The second kappa shape index (κ2) is 7.46. The number of hydrogen-bond donors (Lipinski definition) is 2. The largest absolute Gasteiger partial charge is 0.329 e. The van der Waals surface area contributed by atoms with Gasteiger partial charge in [-0.1, -0.05) is 11.6 Å². The average Bonchev–Trinajstić information content (AvgIpc) is 2.56. The van der Waals surface area contributed by atoms with Gasteiger partial charge in [0.2, 0.25) is 0 Å². The first-order chi connectivity index (χ1) is 11.0. The number of hydrogen-bond acceptors (Lipinski definition) is 4. The second-order valence-corrected chi connectivity index (χ2v) is 4.86. The zero-order chi connectivity index (χ0) is 16.8. The number of amides is 2. The van der Waals surface area contributed by atoms with Crippen LogP contribution in [0.3, 0.4) is 0 Å². The molecule has 0 aliphatic carbocycles. The van der Waals surface area contributed by atoms with Gasteiger partial charge in [0.1, 0.15) is 5.82 Å². The van der Waals surface area contributed by atoms with E-state index in [1.54, 1.807) is 31.5 Å². The molecule has 118 valence electrons. The minimum absolute atomic E-state index is 0.158. The summed E-state index contributed by atoms with van der Waals surface area (Å²) in [6, 6.07) is 7.00. The molecule has 0 saturated heterocycles. The number of carbonyl (C=O) groups is 2. The standard InChI is InChI=1S/C15H12ClFN4O2/c1-9(10-4-6-18-7-5-10)20-21-15(23)14(22)19-11-2-3-13(17)12(16)8-11/h2-8H,1H3,(H,19,22)(H,21,23). The minimum atomic E-state index is -0.959. The quantitative estimate of drug-likeness (QED) is 0.513. The molecule has 0 saturated carbocycles. The van der Waals surface area contributed by atoms with Crippen LogP contribution in [-0.4, -0.2) is 22.5 Å². The summed E-state index contributed by atoms with van der Waals surface area (Å²) in [6.07, 6.45) is 3.17. The number of hydrazone groups is 1. The highest BCUT2D eigenvalue weighted by Gasteiger charge is 2.14. The summed E-state index contributed by atoms with van der Waals surface area (Å²) in [5, 5.41) is 5.97. The van der Waals surface area contributed by atoms with Gasteiger partial charge in [0.15, 0.2) is 0 Å². The van der Waals surface area contributed by atoms with Crippen LogP contribution in [0, 0.1) is 5.82 Å². The van der Waals surface area contributed by atoms with Crippen LogP contribution in [0.1, 0.15) is 12.5 Å². The highest BCUT2D eigenvalue weighted by atomic mass is 35.5. The first-order valence-corrected chi connectivity index (χ1v) is 6.86. The van der Waals surface area contributed by atoms with E-state index in [0.29, 0.717) is 5.71 Å². The number of pyridine rings is 1. The fourth-order valence-corrected chi connectivity index (χ4v) is 1.79. The van der Waals surface area contributed by atoms with Crippen LogP contribution in [0.5, 0.6) is 0 Å². The molecule has 2 amide bonds. The zero-order valence-electron chi connectivity index (χ0n) is 12.0. The van der Waals surface area contributed by atoms with Crippen molar-refractivity contribution >= 4 is 34.8 Å². The lowest BCUT2D eigenvalue weighted by Crippen LogP contribution is -2.32. The molecule has 8 heteroatoms. The molecule has 2 aromatic rings. The molecular formula is C15H12ClFN4O2. The highest BCUT2D eigenvalue weighted by molar-refractivity contribution is 6.40. The summed E-state index contributed by atoms with van der Waals surface area (Å²) >= 11 is 5.59. The van der Waals surface area contributed by atoms with Gasteiger partial charge < -0.3 is 5.32 Å². The van der Waals surface area contributed by atoms with Gasteiger partial charge in [0, 0.05) is 23.6 Å². The first kappa shape index (κ1) is 16.6. The van der Waals surface area contributed by atoms with Gasteiger partial charge in [0.05, 0.1) is 10.7 Å². The Kier molecular flexibility index (Phi) is 5.37. The maximum absolute atomic E-state index is 13.0. The summed E-state index contributed by atoms with van der Waals surface area (Å²) in [7, 11) is 0. The molecule has 6 nitrogen and oxygen atoms in total. The van der Waals surface area contributed by atoms with Gasteiger partial charge >= 0.3 is 11.8 Å². The highest BCUT2D eigenvalue weighted by Crippen LogP contribution is 2.19. The third-order valence-corrected chi connectivity index (χ3v) is 3.10. The van der Waals surface area contributed by atoms with Crippen molar-refractivity contribution in [1.29, 1.82) is 0 Å². The van der Waals surface area contributed by atoms with Crippen LogP contribution in [0.25, 0.3) is 0 Å². The van der Waals surface area contributed by atoms with E-state index in [1.807, 2.05) is 0 Å². The molecule has 0 aliphatic rings. The van der Waals surface area contributed by atoms with Gasteiger partial charge in [-0.3, -0.25) is 14.6 Å². The van der Waals surface area contributed by atoms with Gasteiger partial charge in [-0.25, -0.2) is 9.82 Å². The molecule has 0 fully saturated rings. The number of nitrogens with zero attached hydrogens (tertiary/aromatic N) is 2. The number of anilines is 1. The molecule has 0 atom stereocenters. The topological polar surface area (TPSA) is 83.5 Å². The number of nitrogens with one attached hydrogen (secondary N) is 2. The molecule has 0 bridgehead atoms. The predicted molar refractivity (Wildman–Crippen MR) is 84.6 cm³/mol. The molecule has 1 aromatic carbocycles. The molecular weight excluding hydrogens is 323 g/mol. The number of rotatable bonds is 3. The Morgan fingerprint density at radius 2 is 1.87 bits per heavy atom. The summed E-state index contributed by atoms with van der Waals surface area (Å²) in [5.41, 5.74) is 3.60. The van der Waals surface area contributed by atoms with Crippen molar-refractivity contribution in [2.75, 3.05) is 5.32 Å². The van der Waals surface area contributed by atoms with Gasteiger partial charge in [-0.2, -0.15) is 5.10 Å². The van der Waals surface area contributed by atoms with Crippen molar-refractivity contribution in [3.63, 3.8) is 0 Å². The second-order valence-electron chi connectivity index (χ2n) is 4.46. The fourth-order valence-electron chi connectivity index (χ4n) is 1.60. The number of carbonyl (C=O) groups excluding carboxylic acids is 2. The van der Waals surface area contributed by atoms with Crippen LogP contribution in [-0.2, 0) is 9.59 Å². The number of halogens is 2. The van der Waals surface area contributed by atoms with Crippen molar-refractivity contribution in [2.45, 2.75) is 6.92 Å². The van der Waals surface area contributed by atoms with Crippen LogP contribution in [0.2, 0.25) is 5.02 Å². The third-order valence-electron chi connectivity index (χ3n) is 2.81. The lowest BCUT2D eigenvalue weighted by Gasteiger charge is -2.05. The molecule has 2 rings (SSSR count). The first-order valence-electron chi connectivity index (χ1n) is 6.48. The lowest BCUT2D eigenvalue weighted by molar-refractivity contribution is -0.136. The number of aromatic nitrogens is 1. The summed E-state index contributed by atoms with van der Waals surface area (Å²) in [6.45, 7) is 1.67. The van der Waals surface area contributed by atoms with E-state index in [-0.39, 0.29) is 10.7 Å². The molecule has 1 heterocycles. The van der Waals surface area contributed by atoms with E-state index in [4.69, 9.17) is 11.6 Å². The Bertz CT molecular complexity index is 765. The number of benzene rings is 1. The van der Waals surface area contributed by atoms with Crippen LogP contribution < -0.4 is 10.7 Å². The molecule has 0 unspecified atom stereocenters. The minimum Gasteiger partial charge on any atom is -0.318 e. The molecule has 2 N–H and O–H groups in total. The third kappa shape index (κ3) is 4.58. The summed E-state index contributed by atoms with van der Waals surface area (Å²) in [4.78, 5) is 27.3. The maximum atomic E-state index is 13.0. The Labute approximate surface area is 136 Å². The van der Waals surface area contributed by atoms with Crippen molar-refractivity contribution in [2.24, 2.45) is 5.10 Å².